The molecule has 1 aliphatic rings. The molecule has 0 spiro atoms. The number of halogens is 1. The van der Waals surface area contributed by atoms with E-state index in [0.717, 1.165) is 25.7 Å². The van der Waals surface area contributed by atoms with Gasteiger partial charge in [0.25, 0.3) is 0 Å². The predicted molar refractivity (Wildman–Crippen MR) is 59.0 cm³/mol. The van der Waals surface area contributed by atoms with Gasteiger partial charge in [-0.05, 0) is 26.7 Å². The molecule has 0 radical (unpaired) electrons. The summed E-state index contributed by atoms with van der Waals surface area (Å²) >= 11 is 0. The Morgan fingerprint density at radius 1 is 1.29 bits per heavy atom. The van der Waals surface area contributed by atoms with Gasteiger partial charge in [0.15, 0.2) is 0 Å². The molecule has 0 aliphatic heterocycles. The fourth-order valence-electron chi connectivity index (χ4n) is 2.13. The van der Waals surface area contributed by atoms with E-state index < -0.39 is 11.5 Å². The molecule has 0 unspecified atom stereocenters. The van der Waals surface area contributed by atoms with E-state index in [1.807, 2.05) is 13.8 Å². The number of hydrogen-bond acceptors (Lipinski definition) is 2. The van der Waals surface area contributed by atoms with Crippen molar-refractivity contribution in [3.63, 3.8) is 0 Å². The first kappa shape index (κ1) is 13.7. The molecule has 0 amide bonds. The molecule has 4 heteroatoms. The van der Waals surface area contributed by atoms with Crippen LogP contribution >= 0.6 is 12.4 Å². The lowest BCUT2D eigenvalue weighted by Gasteiger charge is -2.35. The molecular formula is C10H20ClNO2. The first-order valence-corrected chi connectivity index (χ1v) is 5.08. The van der Waals surface area contributed by atoms with Crippen LogP contribution in [0.25, 0.3) is 0 Å². The van der Waals surface area contributed by atoms with Gasteiger partial charge in [-0.2, -0.15) is 0 Å². The van der Waals surface area contributed by atoms with Crippen LogP contribution in [0.5, 0.6) is 0 Å². The van der Waals surface area contributed by atoms with Crippen molar-refractivity contribution in [3.05, 3.63) is 0 Å². The summed E-state index contributed by atoms with van der Waals surface area (Å²) in [5.41, 5.74) is -0.633. The molecular weight excluding hydrogens is 202 g/mol. The molecule has 1 fully saturated rings. The van der Waals surface area contributed by atoms with E-state index in [9.17, 15) is 9.90 Å². The third-order valence-corrected chi connectivity index (χ3v) is 2.68. The number of nitrogens with one attached hydrogen (secondary N) is 1. The quantitative estimate of drug-likeness (QED) is 0.768. The molecule has 0 aromatic rings. The van der Waals surface area contributed by atoms with Crippen LogP contribution < -0.4 is 5.32 Å². The number of aliphatic carboxylic acids is 1. The first-order valence-electron chi connectivity index (χ1n) is 5.08. The first-order chi connectivity index (χ1) is 6.07. The van der Waals surface area contributed by atoms with Crippen LogP contribution in [0.2, 0.25) is 0 Å². The van der Waals surface area contributed by atoms with Gasteiger partial charge in [0, 0.05) is 6.04 Å². The zero-order valence-electron chi connectivity index (χ0n) is 8.88. The normalized spacial score (nSPS) is 20.2. The van der Waals surface area contributed by atoms with Gasteiger partial charge in [-0.3, -0.25) is 10.1 Å². The van der Waals surface area contributed by atoms with Gasteiger partial charge < -0.3 is 5.11 Å². The van der Waals surface area contributed by atoms with E-state index in [1.165, 1.54) is 6.42 Å². The second-order valence-electron chi connectivity index (χ2n) is 4.25. The highest BCUT2D eigenvalue weighted by molar-refractivity contribution is 5.85. The van der Waals surface area contributed by atoms with E-state index in [2.05, 4.69) is 5.32 Å². The second kappa shape index (κ2) is 5.56. The van der Waals surface area contributed by atoms with E-state index in [4.69, 9.17) is 0 Å². The maximum Gasteiger partial charge on any atom is 0.323 e. The van der Waals surface area contributed by atoms with Crippen molar-refractivity contribution in [2.45, 2.75) is 57.5 Å². The van der Waals surface area contributed by atoms with Gasteiger partial charge in [0.05, 0.1) is 0 Å². The Morgan fingerprint density at radius 2 is 1.79 bits per heavy atom. The summed E-state index contributed by atoms with van der Waals surface area (Å²) in [4.78, 5) is 11.1. The van der Waals surface area contributed by atoms with Crippen molar-refractivity contribution in [2.75, 3.05) is 0 Å². The number of carbonyl (C=O) groups is 1. The number of carboxylic acids is 1. The molecule has 0 aromatic heterocycles. The van der Waals surface area contributed by atoms with Gasteiger partial charge in [-0.15, -0.1) is 12.4 Å². The van der Waals surface area contributed by atoms with E-state index in [0.29, 0.717) is 0 Å². The Labute approximate surface area is 91.7 Å². The summed E-state index contributed by atoms with van der Waals surface area (Å²) in [6.07, 6.45) is 4.80. The molecule has 84 valence electrons. The highest BCUT2D eigenvalue weighted by atomic mass is 35.5. The molecule has 1 rings (SSSR count). The van der Waals surface area contributed by atoms with Gasteiger partial charge >= 0.3 is 5.97 Å². The van der Waals surface area contributed by atoms with Crippen LogP contribution in [-0.4, -0.2) is 22.7 Å². The summed E-state index contributed by atoms with van der Waals surface area (Å²) in [7, 11) is 0. The lowest BCUT2D eigenvalue weighted by atomic mass is 9.81. The Kier molecular flexibility index (Phi) is 5.45. The Bertz CT molecular complexity index is 189. The minimum absolute atomic E-state index is 0. The molecule has 0 atom stereocenters. The third-order valence-electron chi connectivity index (χ3n) is 2.68. The molecule has 0 heterocycles. The van der Waals surface area contributed by atoms with Crippen LogP contribution in [0.4, 0.5) is 0 Å². The topological polar surface area (TPSA) is 49.3 Å². The maximum absolute atomic E-state index is 11.1. The molecule has 14 heavy (non-hydrogen) atoms. The van der Waals surface area contributed by atoms with Crippen molar-refractivity contribution in [1.82, 2.24) is 5.32 Å². The minimum atomic E-state index is -0.680. The van der Waals surface area contributed by atoms with Crippen LogP contribution in [-0.2, 0) is 4.79 Å². The van der Waals surface area contributed by atoms with Gasteiger partial charge in [-0.25, -0.2) is 0 Å². The van der Waals surface area contributed by atoms with E-state index in [-0.39, 0.29) is 18.4 Å². The van der Waals surface area contributed by atoms with Crippen molar-refractivity contribution in [2.24, 2.45) is 0 Å². The molecule has 0 saturated heterocycles. The third kappa shape index (κ3) is 3.14. The van der Waals surface area contributed by atoms with Gasteiger partial charge in [0.1, 0.15) is 5.54 Å². The summed E-state index contributed by atoms with van der Waals surface area (Å²) in [6, 6.07) is 0.245. The summed E-state index contributed by atoms with van der Waals surface area (Å²) in [5, 5.41) is 12.4. The van der Waals surface area contributed by atoms with Gasteiger partial charge in [-0.1, -0.05) is 19.3 Å². The maximum atomic E-state index is 11.1. The fraction of sp³-hybridized carbons (Fsp3) is 0.900. The number of carboxylic acid groups (broad SMARTS) is 1. The van der Waals surface area contributed by atoms with Crippen molar-refractivity contribution in [3.8, 4) is 0 Å². The minimum Gasteiger partial charge on any atom is -0.480 e. The zero-order valence-corrected chi connectivity index (χ0v) is 9.69. The Morgan fingerprint density at radius 3 is 2.14 bits per heavy atom. The lowest BCUT2D eigenvalue weighted by molar-refractivity contribution is -0.146. The highest BCUT2D eigenvalue weighted by Gasteiger charge is 2.39. The van der Waals surface area contributed by atoms with Crippen molar-refractivity contribution < 1.29 is 9.90 Å². The SMILES string of the molecule is CC(C)NC1(C(=O)O)CCCCC1.Cl. The van der Waals surface area contributed by atoms with Crippen LogP contribution in [0.15, 0.2) is 0 Å². The standard InChI is InChI=1S/C10H19NO2.ClH/c1-8(2)11-10(9(12)13)6-4-3-5-7-10;/h8,11H,3-7H2,1-2H3,(H,12,13);1H. The number of rotatable bonds is 3. The summed E-state index contributed by atoms with van der Waals surface area (Å²) in [6.45, 7) is 4.00. The van der Waals surface area contributed by atoms with Crippen LogP contribution in [0.1, 0.15) is 46.0 Å². The smallest absolute Gasteiger partial charge is 0.323 e. The van der Waals surface area contributed by atoms with Crippen molar-refractivity contribution in [1.29, 1.82) is 0 Å². The monoisotopic (exact) mass is 221 g/mol. The lowest BCUT2D eigenvalue weighted by Crippen LogP contribution is -2.55. The number of hydrogen-bond donors (Lipinski definition) is 2. The zero-order chi connectivity index (χ0) is 9.90. The fourth-order valence-corrected chi connectivity index (χ4v) is 2.13. The Hall–Kier alpha value is -0.280. The molecule has 0 bridgehead atoms. The van der Waals surface area contributed by atoms with Crippen LogP contribution in [0, 0.1) is 0 Å². The van der Waals surface area contributed by atoms with E-state index >= 15 is 0 Å². The highest BCUT2D eigenvalue weighted by Crippen LogP contribution is 2.28. The van der Waals surface area contributed by atoms with Crippen molar-refractivity contribution >= 4 is 18.4 Å². The molecule has 1 aliphatic carbocycles. The molecule has 3 nitrogen and oxygen atoms in total. The molecule has 0 aromatic carbocycles. The largest absolute Gasteiger partial charge is 0.480 e. The van der Waals surface area contributed by atoms with E-state index in [1.54, 1.807) is 0 Å². The van der Waals surface area contributed by atoms with Gasteiger partial charge in [0.2, 0.25) is 0 Å². The Balaban J connectivity index is 0.00000169. The van der Waals surface area contributed by atoms with Crippen LogP contribution in [0.3, 0.4) is 0 Å². The second-order valence-corrected chi connectivity index (χ2v) is 4.25. The average molecular weight is 222 g/mol. The summed E-state index contributed by atoms with van der Waals surface area (Å²) < 4.78 is 0. The predicted octanol–water partition coefficient (Wildman–Crippen LogP) is 2.19. The average Bonchev–Trinajstić information content (AvgIpc) is 2.04. The molecule has 2 N–H and O–H groups in total. The summed E-state index contributed by atoms with van der Waals surface area (Å²) in [5.74, 6) is -0.680. The molecule has 1 saturated carbocycles.